The first-order chi connectivity index (χ1) is 8.49. The Hall–Kier alpha value is -1.20. The molecular weight excluding hydrogens is 228 g/mol. The van der Waals surface area contributed by atoms with Crippen molar-refractivity contribution in [2.45, 2.75) is 38.8 Å². The van der Waals surface area contributed by atoms with Crippen LogP contribution in [0, 0.1) is 0 Å². The quantitative estimate of drug-likeness (QED) is 0.866. The number of nitrogens with two attached hydrogens (primary N) is 1. The van der Waals surface area contributed by atoms with E-state index in [4.69, 9.17) is 10.5 Å². The Labute approximate surface area is 108 Å². The maximum Gasteiger partial charge on any atom is 0.225 e. The monoisotopic (exact) mass is 250 g/mol. The predicted molar refractivity (Wildman–Crippen MR) is 71.6 cm³/mol. The van der Waals surface area contributed by atoms with Gasteiger partial charge >= 0.3 is 0 Å². The highest BCUT2D eigenvalue weighted by Crippen LogP contribution is 2.23. The van der Waals surface area contributed by atoms with Crippen LogP contribution >= 0.6 is 0 Å². The number of hydrogen-bond donors (Lipinski definition) is 1. The number of hydrogen-bond acceptors (Lipinski definition) is 5. The van der Waals surface area contributed by atoms with Gasteiger partial charge in [-0.05, 0) is 32.8 Å². The summed E-state index contributed by atoms with van der Waals surface area (Å²) in [5.41, 5.74) is 6.79. The van der Waals surface area contributed by atoms with Crippen molar-refractivity contribution in [3.63, 3.8) is 0 Å². The second-order valence-corrected chi connectivity index (χ2v) is 5.59. The third-order valence-electron chi connectivity index (χ3n) is 3.14. The van der Waals surface area contributed by atoms with Crippen molar-refractivity contribution in [3.05, 3.63) is 18.0 Å². The van der Waals surface area contributed by atoms with Gasteiger partial charge in [-0.15, -0.1) is 0 Å². The van der Waals surface area contributed by atoms with Crippen molar-refractivity contribution in [2.24, 2.45) is 5.73 Å². The van der Waals surface area contributed by atoms with Crippen LogP contribution in [0.1, 0.15) is 26.3 Å². The summed E-state index contributed by atoms with van der Waals surface area (Å²) in [5, 5.41) is 0. The molecule has 1 aliphatic heterocycles. The molecule has 100 valence electrons. The van der Waals surface area contributed by atoms with Crippen LogP contribution in [-0.4, -0.2) is 41.3 Å². The average Bonchev–Trinajstić information content (AvgIpc) is 2.29. The number of nitrogens with zero attached hydrogens (tertiary/aromatic N) is 3. The second kappa shape index (κ2) is 5.20. The van der Waals surface area contributed by atoms with Crippen LogP contribution in [0.4, 0.5) is 5.95 Å². The van der Waals surface area contributed by atoms with Crippen LogP contribution < -0.4 is 10.6 Å². The molecule has 0 radical (unpaired) electrons. The number of rotatable bonds is 3. The van der Waals surface area contributed by atoms with E-state index in [1.165, 1.54) is 0 Å². The zero-order valence-electron chi connectivity index (χ0n) is 11.4. The molecule has 1 saturated heterocycles. The van der Waals surface area contributed by atoms with Crippen molar-refractivity contribution >= 4 is 5.95 Å². The van der Waals surface area contributed by atoms with Crippen molar-refractivity contribution in [2.75, 3.05) is 24.7 Å². The van der Waals surface area contributed by atoms with Crippen molar-refractivity contribution < 1.29 is 4.74 Å². The normalized spacial score (nSPS) is 20.8. The van der Waals surface area contributed by atoms with E-state index >= 15 is 0 Å². The van der Waals surface area contributed by atoms with Crippen molar-refractivity contribution in [3.8, 4) is 0 Å². The molecular formula is C13H22N4O. The summed E-state index contributed by atoms with van der Waals surface area (Å²) in [6.07, 6.45) is 4.56. The first kappa shape index (κ1) is 13.2. The van der Waals surface area contributed by atoms with Gasteiger partial charge in [-0.3, -0.25) is 0 Å². The lowest BCUT2D eigenvalue weighted by atomic mass is 10.0. The molecule has 0 bridgehead atoms. The van der Waals surface area contributed by atoms with Gasteiger partial charge in [0.1, 0.15) is 0 Å². The van der Waals surface area contributed by atoms with Gasteiger partial charge in [0.15, 0.2) is 0 Å². The lowest BCUT2D eigenvalue weighted by molar-refractivity contribution is 0.0634. The Kier molecular flexibility index (Phi) is 3.82. The van der Waals surface area contributed by atoms with E-state index in [-0.39, 0.29) is 11.6 Å². The maximum absolute atomic E-state index is 5.77. The molecule has 1 fully saturated rings. The van der Waals surface area contributed by atoms with Gasteiger partial charge in [0.05, 0.1) is 18.8 Å². The minimum atomic E-state index is -0.0546. The third-order valence-corrected chi connectivity index (χ3v) is 3.14. The fraction of sp³-hybridized carbons (Fsp3) is 0.692. The first-order valence-electron chi connectivity index (χ1n) is 6.41. The van der Waals surface area contributed by atoms with E-state index in [1.807, 2.05) is 19.3 Å². The fourth-order valence-electron chi connectivity index (χ4n) is 2.19. The molecule has 0 saturated carbocycles. The molecule has 2 heterocycles. The molecule has 0 aromatic carbocycles. The van der Waals surface area contributed by atoms with Crippen LogP contribution in [-0.2, 0) is 11.2 Å². The highest BCUT2D eigenvalue weighted by molar-refractivity contribution is 5.35. The Bertz CT molecular complexity index is 388. The summed E-state index contributed by atoms with van der Waals surface area (Å²) in [4.78, 5) is 11.1. The first-order valence-corrected chi connectivity index (χ1v) is 6.41. The largest absolute Gasteiger partial charge is 0.377 e. The molecule has 0 amide bonds. The summed E-state index contributed by atoms with van der Waals surface area (Å²) >= 11 is 0. The molecule has 2 rings (SSSR count). The SMILES string of the molecule is CC(N)Cc1cnc(N2CCOCC2(C)C)nc1. The zero-order chi connectivity index (χ0) is 13.2. The number of aromatic nitrogens is 2. The van der Waals surface area contributed by atoms with Crippen molar-refractivity contribution in [1.29, 1.82) is 0 Å². The molecule has 1 aromatic heterocycles. The molecule has 5 heteroatoms. The Morgan fingerprint density at radius 1 is 1.44 bits per heavy atom. The van der Waals surface area contributed by atoms with Gasteiger partial charge in [-0.1, -0.05) is 0 Å². The molecule has 2 N–H and O–H groups in total. The molecule has 1 atom stereocenters. The van der Waals surface area contributed by atoms with Crippen LogP contribution in [0.25, 0.3) is 0 Å². The summed E-state index contributed by atoms with van der Waals surface area (Å²) in [6, 6.07) is 0.138. The van der Waals surface area contributed by atoms with Gasteiger partial charge in [-0.25, -0.2) is 9.97 Å². The number of anilines is 1. The highest BCUT2D eigenvalue weighted by Gasteiger charge is 2.32. The Balaban J connectivity index is 2.13. The molecule has 1 aromatic rings. The molecule has 1 unspecified atom stereocenters. The molecule has 0 aliphatic carbocycles. The van der Waals surface area contributed by atoms with Crippen molar-refractivity contribution in [1.82, 2.24) is 9.97 Å². The molecule has 5 nitrogen and oxygen atoms in total. The van der Waals surface area contributed by atoms with Gasteiger partial charge in [0.25, 0.3) is 0 Å². The predicted octanol–water partition coefficient (Wildman–Crippen LogP) is 0.981. The summed E-state index contributed by atoms with van der Waals surface area (Å²) in [7, 11) is 0. The maximum atomic E-state index is 5.77. The summed E-state index contributed by atoms with van der Waals surface area (Å²) in [6.45, 7) is 8.54. The molecule has 1 aliphatic rings. The third kappa shape index (κ3) is 2.97. The van der Waals surface area contributed by atoms with E-state index < -0.39 is 0 Å². The van der Waals surface area contributed by atoms with Crippen LogP contribution in [0.5, 0.6) is 0 Å². The smallest absolute Gasteiger partial charge is 0.225 e. The average molecular weight is 250 g/mol. The van der Waals surface area contributed by atoms with E-state index in [0.29, 0.717) is 6.61 Å². The van der Waals surface area contributed by atoms with Crippen LogP contribution in [0.2, 0.25) is 0 Å². The van der Waals surface area contributed by atoms with E-state index in [0.717, 1.165) is 31.1 Å². The fourth-order valence-corrected chi connectivity index (χ4v) is 2.19. The lowest BCUT2D eigenvalue weighted by Crippen LogP contribution is -2.53. The highest BCUT2D eigenvalue weighted by atomic mass is 16.5. The topological polar surface area (TPSA) is 64.3 Å². The second-order valence-electron chi connectivity index (χ2n) is 5.59. The molecule has 18 heavy (non-hydrogen) atoms. The summed E-state index contributed by atoms with van der Waals surface area (Å²) in [5.74, 6) is 0.775. The van der Waals surface area contributed by atoms with Crippen LogP contribution in [0.3, 0.4) is 0 Å². The minimum absolute atomic E-state index is 0.0546. The van der Waals surface area contributed by atoms with E-state index in [9.17, 15) is 0 Å². The van der Waals surface area contributed by atoms with E-state index in [2.05, 4.69) is 28.7 Å². The van der Waals surface area contributed by atoms with Gasteiger partial charge in [0.2, 0.25) is 5.95 Å². The van der Waals surface area contributed by atoms with Gasteiger partial charge in [0, 0.05) is 25.0 Å². The number of morpholine rings is 1. The van der Waals surface area contributed by atoms with E-state index in [1.54, 1.807) is 0 Å². The van der Waals surface area contributed by atoms with Gasteiger partial charge in [-0.2, -0.15) is 0 Å². The molecule has 0 spiro atoms. The zero-order valence-corrected chi connectivity index (χ0v) is 11.4. The Morgan fingerprint density at radius 2 is 2.11 bits per heavy atom. The Morgan fingerprint density at radius 3 is 2.67 bits per heavy atom. The lowest BCUT2D eigenvalue weighted by Gasteiger charge is -2.42. The summed E-state index contributed by atoms with van der Waals surface area (Å²) < 4.78 is 5.50. The number of ether oxygens (including phenoxy) is 1. The minimum Gasteiger partial charge on any atom is -0.377 e. The standard InChI is InChI=1S/C13H22N4O/c1-10(14)6-11-7-15-12(16-8-11)17-4-5-18-9-13(17,2)3/h7-8,10H,4-6,9,14H2,1-3H3. The van der Waals surface area contributed by atoms with Crippen LogP contribution in [0.15, 0.2) is 12.4 Å². The van der Waals surface area contributed by atoms with Gasteiger partial charge < -0.3 is 15.4 Å².